The number of hydrogen-bond acceptors (Lipinski definition) is 4. The normalized spacial score (nSPS) is 12.2. The summed E-state index contributed by atoms with van der Waals surface area (Å²) in [7, 11) is -4.30. The van der Waals surface area contributed by atoms with Crippen LogP contribution in [0.4, 0.5) is 10.1 Å². The predicted octanol–water partition coefficient (Wildman–Crippen LogP) is 4.27. The van der Waals surface area contributed by atoms with Gasteiger partial charge >= 0.3 is 0 Å². The van der Waals surface area contributed by atoms with Gasteiger partial charge in [-0.3, -0.25) is 13.9 Å². The van der Waals surface area contributed by atoms with Gasteiger partial charge < -0.3 is 10.2 Å². The number of nitrogens with zero attached hydrogens (tertiary/aromatic N) is 2. The number of sulfonamides is 1. The minimum atomic E-state index is -4.30. The van der Waals surface area contributed by atoms with Crippen LogP contribution in [0.25, 0.3) is 0 Å². The molecule has 9 heteroatoms. The van der Waals surface area contributed by atoms with Crippen molar-refractivity contribution in [2.24, 2.45) is 0 Å². The van der Waals surface area contributed by atoms with Gasteiger partial charge in [0, 0.05) is 12.6 Å². The van der Waals surface area contributed by atoms with E-state index < -0.39 is 34.3 Å². The standard InChI is InChI=1S/C28H32FN3O4S/c1-20(2)30-28(34)22(4)31(18-23-12-10-11-21(3)17-23)27(33)19-32(26-16-9-8-15-25(26)29)37(35,36)24-13-6-5-7-14-24/h5-17,20,22H,18-19H2,1-4H3,(H,30,34). The van der Waals surface area contributed by atoms with Gasteiger partial charge in [-0.05, 0) is 57.5 Å². The summed E-state index contributed by atoms with van der Waals surface area (Å²) in [5.74, 6) is -1.80. The monoisotopic (exact) mass is 525 g/mol. The molecule has 0 saturated carbocycles. The second-order valence-electron chi connectivity index (χ2n) is 9.13. The van der Waals surface area contributed by atoms with E-state index in [-0.39, 0.29) is 29.1 Å². The number of hydrogen-bond donors (Lipinski definition) is 1. The van der Waals surface area contributed by atoms with Crippen LogP contribution < -0.4 is 9.62 Å². The molecule has 0 fully saturated rings. The Hall–Kier alpha value is -3.72. The average molecular weight is 526 g/mol. The number of carbonyl (C=O) groups is 2. The van der Waals surface area contributed by atoms with Crippen LogP contribution in [0, 0.1) is 12.7 Å². The maximum absolute atomic E-state index is 14.9. The molecule has 1 N–H and O–H groups in total. The van der Waals surface area contributed by atoms with Gasteiger partial charge in [-0.2, -0.15) is 0 Å². The number of aryl methyl sites for hydroxylation is 1. The van der Waals surface area contributed by atoms with E-state index in [1.807, 2.05) is 45.0 Å². The van der Waals surface area contributed by atoms with Crippen molar-refractivity contribution >= 4 is 27.5 Å². The highest BCUT2D eigenvalue weighted by molar-refractivity contribution is 7.92. The van der Waals surface area contributed by atoms with Crippen LogP contribution in [0.1, 0.15) is 31.9 Å². The minimum absolute atomic E-state index is 0.0731. The summed E-state index contributed by atoms with van der Waals surface area (Å²) in [6.45, 7) is 6.50. The number of para-hydroxylation sites is 1. The first-order chi connectivity index (χ1) is 17.5. The SMILES string of the molecule is Cc1cccc(CN(C(=O)CN(c2ccccc2F)S(=O)(=O)c2ccccc2)C(C)C(=O)NC(C)C)c1. The first kappa shape index (κ1) is 27.9. The molecule has 0 bridgehead atoms. The Morgan fingerprint density at radius 3 is 2.19 bits per heavy atom. The van der Waals surface area contributed by atoms with Crippen LogP contribution in [0.3, 0.4) is 0 Å². The van der Waals surface area contributed by atoms with Crippen LogP contribution in [0.2, 0.25) is 0 Å². The van der Waals surface area contributed by atoms with E-state index in [0.29, 0.717) is 0 Å². The molecule has 7 nitrogen and oxygen atoms in total. The Morgan fingerprint density at radius 1 is 0.919 bits per heavy atom. The van der Waals surface area contributed by atoms with E-state index in [2.05, 4.69) is 5.32 Å². The van der Waals surface area contributed by atoms with Gasteiger partial charge in [-0.15, -0.1) is 0 Å². The number of benzene rings is 3. The van der Waals surface area contributed by atoms with Crippen LogP contribution in [-0.4, -0.2) is 43.8 Å². The van der Waals surface area contributed by atoms with E-state index in [4.69, 9.17) is 0 Å². The van der Waals surface area contributed by atoms with E-state index in [9.17, 15) is 22.4 Å². The first-order valence-corrected chi connectivity index (χ1v) is 13.4. The predicted molar refractivity (Wildman–Crippen MR) is 142 cm³/mol. The topological polar surface area (TPSA) is 86.8 Å². The van der Waals surface area contributed by atoms with Crippen molar-refractivity contribution in [3.05, 3.63) is 95.8 Å². The molecule has 0 aliphatic rings. The molecule has 0 radical (unpaired) electrons. The molecule has 1 unspecified atom stereocenters. The Morgan fingerprint density at radius 2 is 1.57 bits per heavy atom. The molecule has 0 heterocycles. The molecular formula is C28H32FN3O4S. The summed E-state index contributed by atoms with van der Waals surface area (Å²) < 4.78 is 42.8. The quantitative estimate of drug-likeness (QED) is 0.428. The number of amides is 2. The molecule has 0 aromatic heterocycles. The number of halogens is 1. The molecule has 3 aromatic carbocycles. The summed E-state index contributed by atoms with van der Waals surface area (Å²) >= 11 is 0. The number of anilines is 1. The molecule has 3 aromatic rings. The lowest BCUT2D eigenvalue weighted by Crippen LogP contribution is -2.52. The van der Waals surface area contributed by atoms with Crippen molar-refractivity contribution in [2.45, 2.75) is 51.2 Å². The number of nitrogens with one attached hydrogen (secondary N) is 1. The molecule has 2 amide bonds. The molecule has 0 saturated heterocycles. The van der Waals surface area contributed by atoms with Gasteiger partial charge in [-0.1, -0.05) is 60.2 Å². The van der Waals surface area contributed by atoms with Gasteiger partial charge in [0.1, 0.15) is 18.4 Å². The highest BCUT2D eigenvalue weighted by Crippen LogP contribution is 2.27. The van der Waals surface area contributed by atoms with E-state index in [1.54, 1.807) is 25.1 Å². The fraction of sp³-hybridized carbons (Fsp3) is 0.286. The van der Waals surface area contributed by atoms with Gasteiger partial charge in [0.25, 0.3) is 10.0 Å². The Labute approximate surface area is 218 Å². The van der Waals surface area contributed by atoms with Crippen LogP contribution in [0.15, 0.2) is 83.8 Å². The van der Waals surface area contributed by atoms with Crippen LogP contribution >= 0.6 is 0 Å². The highest BCUT2D eigenvalue weighted by Gasteiger charge is 2.33. The highest BCUT2D eigenvalue weighted by atomic mass is 32.2. The second kappa shape index (κ2) is 12.0. The summed E-state index contributed by atoms with van der Waals surface area (Å²) in [5.41, 5.74) is 1.50. The second-order valence-corrected chi connectivity index (χ2v) is 11.0. The lowest BCUT2D eigenvalue weighted by atomic mass is 10.1. The van der Waals surface area contributed by atoms with Crippen molar-refractivity contribution in [2.75, 3.05) is 10.8 Å². The minimum Gasteiger partial charge on any atom is -0.352 e. The summed E-state index contributed by atoms with van der Waals surface area (Å²) in [5, 5.41) is 2.80. The van der Waals surface area contributed by atoms with Crippen molar-refractivity contribution in [3.8, 4) is 0 Å². The molecule has 0 aliphatic heterocycles. The zero-order valence-corrected chi connectivity index (χ0v) is 22.2. The molecule has 0 aliphatic carbocycles. The van der Waals surface area contributed by atoms with Crippen LogP contribution in [0.5, 0.6) is 0 Å². The Kier molecular flexibility index (Phi) is 9.04. The lowest BCUT2D eigenvalue weighted by Gasteiger charge is -2.32. The van der Waals surface area contributed by atoms with E-state index in [0.717, 1.165) is 21.5 Å². The molecule has 1 atom stereocenters. The summed E-state index contributed by atoms with van der Waals surface area (Å²) in [6.07, 6.45) is 0. The molecule has 3 rings (SSSR count). The van der Waals surface area contributed by atoms with E-state index in [1.165, 1.54) is 35.2 Å². The molecular weight excluding hydrogens is 493 g/mol. The van der Waals surface area contributed by atoms with Crippen LogP contribution in [-0.2, 0) is 26.2 Å². The number of carbonyl (C=O) groups excluding carboxylic acids is 2. The smallest absolute Gasteiger partial charge is 0.264 e. The largest absolute Gasteiger partial charge is 0.352 e. The van der Waals surface area contributed by atoms with Crippen molar-refractivity contribution in [3.63, 3.8) is 0 Å². The van der Waals surface area contributed by atoms with Crippen molar-refractivity contribution in [1.82, 2.24) is 10.2 Å². The third-order valence-corrected chi connectivity index (χ3v) is 7.54. The van der Waals surface area contributed by atoms with Gasteiger partial charge in [0.15, 0.2) is 0 Å². The number of rotatable bonds is 10. The zero-order valence-electron chi connectivity index (χ0n) is 21.4. The third kappa shape index (κ3) is 6.95. The lowest BCUT2D eigenvalue weighted by molar-refractivity contribution is -0.139. The average Bonchev–Trinajstić information content (AvgIpc) is 2.86. The van der Waals surface area contributed by atoms with Crippen molar-refractivity contribution in [1.29, 1.82) is 0 Å². The van der Waals surface area contributed by atoms with Gasteiger partial charge in [-0.25, -0.2) is 12.8 Å². The maximum Gasteiger partial charge on any atom is 0.264 e. The third-order valence-electron chi connectivity index (χ3n) is 5.76. The molecule has 37 heavy (non-hydrogen) atoms. The van der Waals surface area contributed by atoms with Gasteiger partial charge in [0.2, 0.25) is 11.8 Å². The fourth-order valence-electron chi connectivity index (χ4n) is 3.88. The van der Waals surface area contributed by atoms with Crippen molar-refractivity contribution < 1.29 is 22.4 Å². The summed E-state index contributed by atoms with van der Waals surface area (Å²) in [6, 6.07) is 19.3. The fourth-order valence-corrected chi connectivity index (χ4v) is 5.32. The van der Waals surface area contributed by atoms with E-state index >= 15 is 0 Å². The van der Waals surface area contributed by atoms with Gasteiger partial charge in [0.05, 0.1) is 10.6 Å². The summed E-state index contributed by atoms with van der Waals surface area (Å²) in [4.78, 5) is 27.9. The first-order valence-electron chi connectivity index (χ1n) is 12.0. The molecule has 0 spiro atoms. The Bertz CT molecular complexity index is 1350. The maximum atomic E-state index is 14.9. The molecule has 196 valence electrons. The zero-order chi connectivity index (χ0) is 27.2. The Balaban J connectivity index is 2.03.